The molecule has 0 spiro atoms. The summed E-state index contributed by atoms with van der Waals surface area (Å²) < 4.78 is 35.6. The fourth-order valence-corrected chi connectivity index (χ4v) is 1.77. The van der Waals surface area contributed by atoms with Crippen LogP contribution in [0, 0.1) is 6.92 Å². The van der Waals surface area contributed by atoms with Crippen LogP contribution >= 0.6 is 0 Å². The Morgan fingerprint density at radius 1 is 1.19 bits per heavy atom. The van der Waals surface area contributed by atoms with Crippen molar-refractivity contribution in [3.63, 3.8) is 0 Å². The summed E-state index contributed by atoms with van der Waals surface area (Å²) in [5.41, 5.74) is -0.841. The van der Waals surface area contributed by atoms with Gasteiger partial charge in [-0.1, -0.05) is 0 Å². The summed E-state index contributed by atoms with van der Waals surface area (Å²) in [4.78, 5) is 19.9. The summed E-state index contributed by atoms with van der Waals surface area (Å²) in [5.74, 6) is 0.222. The first kappa shape index (κ1) is 14.6. The monoisotopic (exact) mass is 314 g/mol. The zero-order valence-electron chi connectivity index (χ0n) is 11.2. The number of aromatic nitrogens is 5. The second kappa shape index (κ2) is 5.70. The predicted molar refractivity (Wildman–Crippen MR) is 68.0 cm³/mol. The van der Waals surface area contributed by atoms with Crippen LogP contribution in [-0.2, 0) is 10.5 Å². The van der Waals surface area contributed by atoms with Crippen LogP contribution in [0.2, 0.25) is 0 Å². The average molecular weight is 314 g/mol. The van der Waals surface area contributed by atoms with E-state index in [0.29, 0.717) is 4.68 Å². The normalized spacial score (nSPS) is 10.2. The Morgan fingerprint density at radius 3 is 2.24 bits per heavy atom. The van der Waals surface area contributed by atoms with Gasteiger partial charge in [0.2, 0.25) is 11.8 Å². The van der Waals surface area contributed by atoms with Gasteiger partial charge in [-0.2, -0.15) is 18.4 Å². The summed E-state index contributed by atoms with van der Waals surface area (Å²) in [6.45, 7) is 1.41. The SMILES string of the molecule is COc1cc(OC)nc(-n2nc(C)n(N=S(=O)=O)c2=O)n1. The van der Waals surface area contributed by atoms with Crippen LogP contribution in [0.15, 0.2) is 15.3 Å². The highest BCUT2D eigenvalue weighted by Crippen LogP contribution is 2.15. The van der Waals surface area contributed by atoms with Gasteiger partial charge in [0.25, 0.3) is 5.95 Å². The summed E-state index contributed by atoms with van der Waals surface area (Å²) in [6, 6.07) is 1.41. The van der Waals surface area contributed by atoms with Crippen molar-refractivity contribution in [2.24, 2.45) is 4.47 Å². The minimum absolute atomic E-state index is 0.0505. The molecule has 0 N–H and O–H groups in total. The average Bonchev–Trinajstić information content (AvgIpc) is 2.74. The van der Waals surface area contributed by atoms with Gasteiger partial charge in [-0.3, -0.25) is 0 Å². The van der Waals surface area contributed by atoms with Gasteiger partial charge in [0.15, 0.2) is 5.82 Å². The Bertz CT molecular complexity index is 837. The van der Waals surface area contributed by atoms with Crippen LogP contribution < -0.4 is 15.2 Å². The number of hydrogen-bond acceptors (Lipinski definition) is 9. The third-order valence-electron chi connectivity index (χ3n) is 2.34. The van der Waals surface area contributed by atoms with Crippen LogP contribution in [0.1, 0.15) is 5.82 Å². The quantitative estimate of drug-likeness (QED) is 0.700. The lowest BCUT2D eigenvalue weighted by atomic mass is 10.6. The van der Waals surface area contributed by atoms with Crippen LogP contribution in [0.4, 0.5) is 0 Å². The highest BCUT2D eigenvalue weighted by atomic mass is 32.2. The summed E-state index contributed by atoms with van der Waals surface area (Å²) >= 11 is 0. The van der Waals surface area contributed by atoms with Gasteiger partial charge in [0.05, 0.1) is 20.3 Å². The molecule has 0 fully saturated rings. The topological polar surface area (TPSA) is 131 Å². The Kier molecular flexibility index (Phi) is 3.98. The Balaban J connectivity index is 2.68. The van der Waals surface area contributed by atoms with Crippen LogP contribution in [0.25, 0.3) is 5.95 Å². The first-order valence-electron chi connectivity index (χ1n) is 5.43. The smallest absolute Gasteiger partial charge is 0.375 e. The summed E-state index contributed by atoms with van der Waals surface area (Å²) in [6.07, 6.45) is 0. The number of methoxy groups -OCH3 is 2. The van der Waals surface area contributed by atoms with E-state index in [2.05, 4.69) is 19.5 Å². The molecule has 0 aliphatic heterocycles. The molecule has 0 amide bonds. The first-order valence-corrected chi connectivity index (χ1v) is 6.47. The van der Waals surface area contributed by atoms with Crippen LogP contribution in [-0.4, -0.2) is 47.1 Å². The first-order chi connectivity index (χ1) is 9.96. The van der Waals surface area contributed by atoms with Gasteiger partial charge >= 0.3 is 16.2 Å². The maximum atomic E-state index is 12.1. The van der Waals surface area contributed by atoms with Crippen molar-refractivity contribution in [2.75, 3.05) is 14.2 Å². The zero-order valence-corrected chi connectivity index (χ0v) is 12.0. The molecule has 0 aliphatic rings. The number of nitrogens with zero attached hydrogens (tertiary/aromatic N) is 6. The molecule has 21 heavy (non-hydrogen) atoms. The lowest BCUT2D eigenvalue weighted by molar-refractivity contribution is 0.369. The van der Waals surface area contributed by atoms with Crippen LogP contribution in [0.3, 0.4) is 0 Å². The maximum Gasteiger partial charge on any atom is 0.375 e. The van der Waals surface area contributed by atoms with E-state index in [1.165, 1.54) is 27.2 Å². The number of ether oxygens (including phenoxy) is 2. The Morgan fingerprint density at radius 2 is 1.76 bits per heavy atom. The molecule has 112 valence electrons. The lowest BCUT2D eigenvalue weighted by Crippen LogP contribution is -2.23. The van der Waals surface area contributed by atoms with E-state index in [0.717, 1.165) is 4.68 Å². The largest absolute Gasteiger partial charge is 0.481 e. The van der Waals surface area contributed by atoms with E-state index in [1.54, 1.807) is 0 Å². The van der Waals surface area contributed by atoms with Crippen molar-refractivity contribution < 1.29 is 17.9 Å². The molecular formula is C9H10N6O5S. The molecule has 0 aliphatic carbocycles. The molecule has 0 unspecified atom stereocenters. The minimum Gasteiger partial charge on any atom is -0.481 e. The molecule has 0 radical (unpaired) electrons. The van der Waals surface area contributed by atoms with Gasteiger partial charge < -0.3 is 9.47 Å². The zero-order chi connectivity index (χ0) is 15.6. The molecule has 0 saturated carbocycles. The van der Waals surface area contributed by atoms with Crippen molar-refractivity contribution in [3.8, 4) is 17.7 Å². The standard InChI is InChI=1S/C9H10N6O5S/c1-5-12-15(9(16)14(5)13-21(17)18)8-10-6(19-2)4-7(11-8)20-3/h4H,1-3H3. The van der Waals surface area contributed by atoms with E-state index in [-0.39, 0.29) is 23.5 Å². The third-order valence-corrected chi connectivity index (χ3v) is 2.63. The molecule has 0 atom stereocenters. The molecule has 2 rings (SSSR count). The highest BCUT2D eigenvalue weighted by molar-refractivity contribution is 7.61. The van der Waals surface area contributed by atoms with Crippen molar-refractivity contribution in [2.45, 2.75) is 6.92 Å². The molecule has 2 aromatic rings. The summed E-state index contributed by atoms with van der Waals surface area (Å²) in [5, 5.41) is 3.85. The van der Waals surface area contributed by atoms with Crippen molar-refractivity contribution in [1.29, 1.82) is 0 Å². The fraction of sp³-hybridized carbons (Fsp3) is 0.333. The van der Waals surface area contributed by atoms with E-state index in [1.807, 2.05) is 0 Å². The molecule has 0 saturated heterocycles. The maximum absolute atomic E-state index is 12.1. The second-order valence-electron chi connectivity index (χ2n) is 3.60. The molecule has 12 heteroatoms. The lowest BCUT2D eigenvalue weighted by Gasteiger charge is -2.04. The van der Waals surface area contributed by atoms with E-state index >= 15 is 0 Å². The highest BCUT2D eigenvalue weighted by Gasteiger charge is 2.16. The van der Waals surface area contributed by atoms with E-state index in [4.69, 9.17) is 9.47 Å². The molecular weight excluding hydrogens is 304 g/mol. The van der Waals surface area contributed by atoms with Gasteiger partial charge in [0, 0.05) is 0 Å². The minimum atomic E-state index is -2.80. The van der Waals surface area contributed by atoms with Gasteiger partial charge in [-0.25, -0.2) is 4.79 Å². The number of rotatable bonds is 4. The predicted octanol–water partition coefficient (Wildman–Crippen LogP) is -1.02. The second-order valence-corrected chi connectivity index (χ2v) is 4.20. The summed E-state index contributed by atoms with van der Waals surface area (Å²) in [7, 11) is -0.0317. The molecule has 2 aromatic heterocycles. The molecule has 11 nitrogen and oxygen atoms in total. The van der Waals surface area contributed by atoms with Gasteiger partial charge in [0.1, 0.15) is 0 Å². The van der Waals surface area contributed by atoms with E-state index < -0.39 is 16.2 Å². The molecule has 2 heterocycles. The Hall–Kier alpha value is -2.76. The Labute approximate surface area is 119 Å². The van der Waals surface area contributed by atoms with Crippen molar-refractivity contribution in [3.05, 3.63) is 22.4 Å². The number of hydrogen-bond donors (Lipinski definition) is 0. The molecule has 0 bridgehead atoms. The van der Waals surface area contributed by atoms with Gasteiger partial charge in [-0.15, -0.1) is 14.5 Å². The van der Waals surface area contributed by atoms with E-state index in [9.17, 15) is 13.2 Å². The van der Waals surface area contributed by atoms with Crippen LogP contribution in [0.5, 0.6) is 11.8 Å². The fourth-order valence-electron chi connectivity index (χ4n) is 1.45. The number of aryl methyl sites for hydroxylation is 1. The molecule has 0 aromatic carbocycles. The van der Waals surface area contributed by atoms with Crippen molar-refractivity contribution in [1.82, 2.24) is 24.4 Å². The third kappa shape index (κ3) is 2.89. The van der Waals surface area contributed by atoms with Crippen molar-refractivity contribution >= 4 is 10.5 Å². The van der Waals surface area contributed by atoms with Gasteiger partial charge in [-0.05, 0) is 11.4 Å².